The SMILES string of the molecule is COc1cc(OC)c(Nc2ncnc(NNC(=O)Cc3ccc([N+](=O)[O-])cc3)c2[N+](=O)[O-])cc1Cl. The lowest BCUT2D eigenvalue weighted by atomic mass is 10.1. The Labute approximate surface area is 202 Å². The van der Waals surface area contributed by atoms with Crippen molar-refractivity contribution in [3.8, 4) is 11.5 Å². The van der Waals surface area contributed by atoms with Gasteiger partial charge in [0.25, 0.3) is 5.69 Å². The first kappa shape index (κ1) is 24.9. The number of ether oxygens (including phenoxy) is 2. The molecule has 0 atom stereocenters. The van der Waals surface area contributed by atoms with Gasteiger partial charge in [0.15, 0.2) is 0 Å². The number of aromatic nitrogens is 2. The van der Waals surface area contributed by atoms with Crippen LogP contribution < -0.4 is 25.6 Å². The van der Waals surface area contributed by atoms with Gasteiger partial charge in [0.2, 0.25) is 17.5 Å². The molecule has 1 aromatic heterocycles. The Morgan fingerprint density at radius 2 is 1.66 bits per heavy atom. The maximum Gasteiger partial charge on any atom is 0.355 e. The Morgan fingerprint density at radius 3 is 2.26 bits per heavy atom. The summed E-state index contributed by atoms with van der Waals surface area (Å²) in [5.41, 5.74) is 4.82. The number of nitrogens with zero attached hydrogens (tertiary/aromatic N) is 4. The van der Waals surface area contributed by atoms with Gasteiger partial charge in [-0.15, -0.1) is 0 Å². The number of carbonyl (C=O) groups excluding carboxylic acids is 1. The van der Waals surface area contributed by atoms with E-state index in [2.05, 4.69) is 26.1 Å². The normalized spacial score (nSPS) is 10.3. The van der Waals surface area contributed by atoms with E-state index in [1.807, 2.05) is 0 Å². The summed E-state index contributed by atoms with van der Waals surface area (Å²) in [6, 6.07) is 8.34. The molecule has 0 aliphatic heterocycles. The van der Waals surface area contributed by atoms with Crippen LogP contribution in [0.1, 0.15) is 5.56 Å². The highest BCUT2D eigenvalue weighted by atomic mass is 35.5. The molecule has 0 aliphatic rings. The van der Waals surface area contributed by atoms with Crippen molar-refractivity contribution in [1.29, 1.82) is 0 Å². The van der Waals surface area contributed by atoms with Gasteiger partial charge in [-0.3, -0.25) is 35.9 Å². The largest absolute Gasteiger partial charge is 0.495 e. The first-order chi connectivity index (χ1) is 16.7. The van der Waals surface area contributed by atoms with Crippen LogP contribution in [0, 0.1) is 20.2 Å². The maximum absolute atomic E-state index is 12.3. The van der Waals surface area contributed by atoms with E-state index in [0.717, 1.165) is 6.33 Å². The van der Waals surface area contributed by atoms with E-state index >= 15 is 0 Å². The van der Waals surface area contributed by atoms with Crippen molar-refractivity contribution in [2.75, 3.05) is 25.0 Å². The fraction of sp³-hybridized carbons (Fsp3) is 0.150. The quantitative estimate of drug-likeness (QED) is 0.272. The van der Waals surface area contributed by atoms with Crippen LogP contribution >= 0.6 is 11.6 Å². The van der Waals surface area contributed by atoms with Gasteiger partial charge < -0.3 is 14.8 Å². The molecule has 14 nitrogen and oxygen atoms in total. The molecule has 3 aromatic rings. The predicted molar refractivity (Wildman–Crippen MR) is 125 cm³/mol. The number of methoxy groups -OCH3 is 2. The average Bonchev–Trinajstić information content (AvgIpc) is 2.83. The highest BCUT2D eigenvalue weighted by molar-refractivity contribution is 6.32. The van der Waals surface area contributed by atoms with Crippen molar-refractivity contribution >= 4 is 46.2 Å². The Hall–Kier alpha value is -4.72. The molecule has 35 heavy (non-hydrogen) atoms. The first-order valence-corrected chi connectivity index (χ1v) is 10.1. The van der Waals surface area contributed by atoms with E-state index in [-0.39, 0.29) is 40.2 Å². The minimum atomic E-state index is -0.731. The zero-order valence-electron chi connectivity index (χ0n) is 18.3. The molecule has 0 aliphatic carbocycles. The molecular weight excluding hydrogens is 486 g/mol. The molecule has 3 N–H and O–H groups in total. The van der Waals surface area contributed by atoms with Crippen LogP contribution in [0.3, 0.4) is 0 Å². The van der Waals surface area contributed by atoms with Crippen LogP contribution in [-0.2, 0) is 11.2 Å². The van der Waals surface area contributed by atoms with E-state index in [4.69, 9.17) is 21.1 Å². The minimum absolute atomic E-state index is 0.112. The summed E-state index contributed by atoms with van der Waals surface area (Å²) in [6.07, 6.45) is 0.911. The summed E-state index contributed by atoms with van der Waals surface area (Å²) in [6.45, 7) is 0. The predicted octanol–water partition coefficient (Wildman–Crippen LogP) is 3.39. The number of hydrogen-bond acceptors (Lipinski definition) is 11. The number of amides is 1. The lowest BCUT2D eigenvalue weighted by molar-refractivity contribution is -0.384. The molecule has 0 unspecified atom stereocenters. The Kier molecular flexibility index (Phi) is 7.78. The Bertz CT molecular complexity index is 1270. The number of nitrogens with one attached hydrogen (secondary N) is 3. The zero-order valence-corrected chi connectivity index (χ0v) is 19.0. The van der Waals surface area contributed by atoms with E-state index in [1.54, 1.807) is 0 Å². The van der Waals surface area contributed by atoms with Gasteiger partial charge in [-0.05, 0) is 11.6 Å². The number of hydrogen-bond donors (Lipinski definition) is 3. The monoisotopic (exact) mass is 503 g/mol. The molecular formula is C20H18ClN7O7. The van der Waals surface area contributed by atoms with Crippen LogP contribution in [0.2, 0.25) is 5.02 Å². The third kappa shape index (κ3) is 6.00. The van der Waals surface area contributed by atoms with E-state index in [0.29, 0.717) is 11.3 Å². The fourth-order valence-corrected chi connectivity index (χ4v) is 3.15. The van der Waals surface area contributed by atoms with Crippen molar-refractivity contribution in [2.45, 2.75) is 6.42 Å². The van der Waals surface area contributed by atoms with E-state index in [9.17, 15) is 25.0 Å². The topological polar surface area (TPSA) is 184 Å². The fourth-order valence-electron chi connectivity index (χ4n) is 2.91. The summed E-state index contributed by atoms with van der Waals surface area (Å²) in [7, 11) is 2.83. The van der Waals surface area contributed by atoms with Gasteiger partial charge in [-0.1, -0.05) is 23.7 Å². The highest BCUT2D eigenvalue weighted by Gasteiger charge is 2.25. The molecule has 0 spiro atoms. The summed E-state index contributed by atoms with van der Waals surface area (Å²) in [5.74, 6) is -0.431. The van der Waals surface area contributed by atoms with Crippen LogP contribution in [0.25, 0.3) is 0 Å². The molecule has 0 saturated heterocycles. The molecule has 182 valence electrons. The lowest BCUT2D eigenvalue weighted by Crippen LogP contribution is -2.31. The average molecular weight is 504 g/mol. The molecule has 1 heterocycles. The molecule has 0 saturated carbocycles. The van der Waals surface area contributed by atoms with E-state index < -0.39 is 21.4 Å². The second-order valence-corrected chi connectivity index (χ2v) is 7.17. The molecule has 0 radical (unpaired) electrons. The number of hydrazine groups is 1. The first-order valence-electron chi connectivity index (χ1n) is 9.69. The third-order valence-corrected chi connectivity index (χ3v) is 4.86. The number of halogens is 1. The number of non-ortho nitro benzene ring substituents is 1. The van der Waals surface area contributed by atoms with Crippen molar-refractivity contribution in [2.24, 2.45) is 0 Å². The number of nitro benzene ring substituents is 1. The maximum atomic E-state index is 12.3. The van der Waals surface area contributed by atoms with Crippen LogP contribution in [0.15, 0.2) is 42.7 Å². The smallest absolute Gasteiger partial charge is 0.355 e. The number of benzene rings is 2. The van der Waals surface area contributed by atoms with Gasteiger partial charge in [0.1, 0.15) is 17.8 Å². The molecule has 0 fully saturated rings. The van der Waals surface area contributed by atoms with Gasteiger partial charge >= 0.3 is 5.69 Å². The van der Waals surface area contributed by atoms with Gasteiger partial charge in [0, 0.05) is 18.2 Å². The summed E-state index contributed by atoms with van der Waals surface area (Å²) in [4.78, 5) is 41.2. The van der Waals surface area contributed by atoms with Crippen LogP contribution in [-0.4, -0.2) is 39.9 Å². The second kappa shape index (κ2) is 10.9. The van der Waals surface area contributed by atoms with Crippen molar-refractivity contribution in [3.05, 3.63) is 73.5 Å². The molecule has 3 rings (SSSR count). The Morgan fingerprint density at radius 1 is 1.00 bits per heavy atom. The zero-order chi connectivity index (χ0) is 25.5. The number of carbonyl (C=O) groups is 1. The third-order valence-electron chi connectivity index (χ3n) is 4.56. The molecule has 0 bridgehead atoms. The number of rotatable bonds is 10. The highest BCUT2D eigenvalue weighted by Crippen LogP contribution is 2.39. The number of nitro groups is 2. The van der Waals surface area contributed by atoms with Gasteiger partial charge in [-0.25, -0.2) is 9.97 Å². The van der Waals surface area contributed by atoms with E-state index in [1.165, 1.54) is 50.6 Å². The second-order valence-electron chi connectivity index (χ2n) is 6.76. The number of anilines is 3. The molecule has 1 amide bonds. The van der Waals surface area contributed by atoms with Crippen LogP contribution in [0.4, 0.5) is 28.7 Å². The van der Waals surface area contributed by atoms with Gasteiger partial charge in [0.05, 0.1) is 41.2 Å². The summed E-state index contributed by atoms with van der Waals surface area (Å²) >= 11 is 6.15. The van der Waals surface area contributed by atoms with Crippen molar-refractivity contribution in [3.63, 3.8) is 0 Å². The minimum Gasteiger partial charge on any atom is -0.495 e. The van der Waals surface area contributed by atoms with Crippen molar-refractivity contribution < 1.29 is 24.1 Å². The van der Waals surface area contributed by atoms with Crippen LogP contribution in [0.5, 0.6) is 11.5 Å². The standard InChI is InChI=1S/C20H18ClN7O7/c1-34-15-9-16(35-2)14(8-13(15)21)24-19-18(28(32)33)20(23-10-22-19)26-25-17(29)7-11-3-5-12(6-4-11)27(30)31/h3-6,8-10H,7H2,1-2H3,(H,25,29)(H2,22,23,24,26). The van der Waals surface area contributed by atoms with Gasteiger partial charge in [-0.2, -0.15) is 0 Å². The Balaban J connectivity index is 1.78. The lowest BCUT2D eigenvalue weighted by Gasteiger charge is -2.14. The molecule has 2 aromatic carbocycles. The summed E-state index contributed by atoms with van der Waals surface area (Å²) < 4.78 is 10.4. The molecule has 15 heteroatoms. The summed E-state index contributed by atoms with van der Waals surface area (Å²) in [5, 5.41) is 25.5. The van der Waals surface area contributed by atoms with Crippen molar-refractivity contribution in [1.82, 2.24) is 15.4 Å².